The summed E-state index contributed by atoms with van der Waals surface area (Å²) in [6, 6.07) is 0. The molecule has 0 aromatic rings. The van der Waals surface area contributed by atoms with Crippen LogP contribution in [0.15, 0.2) is 0 Å². The second-order valence-electron chi connectivity index (χ2n) is 5.13. The van der Waals surface area contributed by atoms with Crippen molar-refractivity contribution in [3.8, 4) is 0 Å². The fourth-order valence-electron chi connectivity index (χ4n) is 2.27. The van der Waals surface area contributed by atoms with Crippen molar-refractivity contribution in [1.82, 2.24) is 4.90 Å². The van der Waals surface area contributed by atoms with Crippen LogP contribution in [0.25, 0.3) is 0 Å². The van der Waals surface area contributed by atoms with E-state index in [4.69, 9.17) is 14.6 Å². The summed E-state index contributed by atoms with van der Waals surface area (Å²) in [6.45, 7) is 3.95. The van der Waals surface area contributed by atoms with Crippen molar-refractivity contribution in [3.05, 3.63) is 0 Å². The lowest BCUT2D eigenvalue weighted by molar-refractivity contribution is -0.163. The quantitative estimate of drug-likeness (QED) is 0.760. The van der Waals surface area contributed by atoms with E-state index in [1.165, 1.54) is 0 Å². The molecule has 102 valence electrons. The lowest BCUT2D eigenvalue weighted by Crippen LogP contribution is -2.50. The molecule has 0 aliphatic carbocycles. The fraction of sp³-hybridized carbons (Fsp3) is 0.833. The molecule has 2 fully saturated rings. The van der Waals surface area contributed by atoms with Crippen LogP contribution in [0.3, 0.4) is 0 Å². The van der Waals surface area contributed by atoms with Gasteiger partial charge < -0.3 is 19.5 Å². The van der Waals surface area contributed by atoms with Crippen molar-refractivity contribution in [2.24, 2.45) is 5.41 Å². The molecule has 1 amide bonds. The monoisotopic (exact) mass is 257 g/mol. The van der Waals surface area contributed by atoms with Gasteiger partial charge in [0.25, 0.3) is 5.91 Å². The zero-order valence-electron chi connectivity index (χ0n) is 10.6. The van der Waals surface area contributed by atoms with E-state index in [1.807, 2.05) is 0 Å². The second kappa shape index (κ2) is 5.24. The van der Waals surface area contributed by atoms with Crippen LogP contribution in [0, 0.1) is 5.41 Å². The molecular formula is C12H19NO5. The van der Waals surface area contributed by atoms with Crippen molar-refractivity contribution in [2.75, 3.05) is 32.9 Å². The molecule has 2 aliphatic heterocycles. The molecule has 0 aromatic carbocycles. The first-order valence-corrected chi connectivity index (χ1v) is 6.24. The molecule has 6 nitrogen and oxygen atoms in total. The van der Waals surface area contributed by atoms with Gasteiger partial charge in [0.05, 0.1) is 25.2 Å². The molecule has 1 N–H and O–H groups in total. The first-order chi connectivity index (χ1) is 8.53. The van der Waals surface area contributed by atoms with Gasteiger partial charge in [-0.3, -0.25) is 9.59 Å². The van der Waals surface area contributed by atoms with Gasteiger partial charge in [0.1, 0.15) is 0 Å². The van der Waals surface area contributed by atoms with E-state index < -0.39 is 17.5 Å². The average molecular weight is 257 g/mol. The van der Waals surface area contributed by atoms with Gasteiger partial charge in [0.15, 0.2) is 6.10 Å². The van der Waals surface area contributed by atoms with Crippen LogP contribution in [0.2, 0.25) is 0 Å². The Bertz CT molecular complexity index is 329. The number of carbonyl (C=O) groups is 2. The van der Waals surface area contributed by atoms with Crippen LogP contribution >= 0.6 is 0 Å². The van der Waals surface area contributed by atoms with Crippen LogP contribution < -0.4 is 0 Å². The number of piperidine rings is 1. The number of nitrogens with zero attached hydrogens (tertiary/aromatic N) is 1. The lowest BCUT2D eigenvalue weighted by atomic mass is 9.80. The molecular weight excluding hydrogens is 238 g/mol. The Balaban J connectivity index is 1.89. The van der Waals surface area contributed by atoms with E-state index in [2.05, 4.69) is 0 Å². The Morgan fingerprint density at radius 3 is 2.44 bits per heavy atom. The number of rotatable bonds is 2. The highest BCUT2D eigenvalue weighted by Crippen LogP contribution is 2.31. The smallest absolute Gasteiger partial charge is 0.309 e. The number of hydrogen-bond acceptors (Lipinski definition) is 4. The number of amides is 1. The van der Waals surface area contributed by atoms with Gasteiger partial charge in [0.2, 0.25) is 0 Å². The van der Waals surface area contributed by atoms with Crippen molar-refractivity contribution in [1.29, 1.82) is 0 Å². The highest BCUT2D eigenvalue weighted by molar-refractivity contribution is 5.82. The van der Waals surface area contributed by atoms with Crippen molar-refractivity contribution in [2.45, 2.75) is 25.9 Å². The van der Waals surface area contributed by atoms with Crippen LogP contribution in [0.1, 0.15) is 19.8 Å². The SMILES string of the molecule is CC1(C(=O)O)CCN(C(=O)C2COCCO2)CC1. The van der Waals surface area contributed by atoms with E-state index >= 15 is 0 Å². The summed E-state index contributed by atoms with van der Waals surface area (Å²) in [5.74, 6) is -0.867. The molecule has 2 rings (SSSR count). The van der Waals surface area contributed by atoms with Crippen LogP contribution in [0.4, 0.5) is 0 Å². The van der Waals surface area contributed by atoms with E-state index in [1.54, 1.807) is 11.8 Å². The summed E-state index contributed by atoms with van der Waals surface area (Å²) in [5, 5.41) is 9.12. The van der Waals surface area contributed by atoms with Crippen LogP contribution in [-0.2, 0) is 19.1 Å². The molecule has 0 spiro atoms. The number of likely N-dealkylation sites (tertiary alicyclic amines) is 1. The first-order valence-electron chi connectivity index (χ1n) is 6.24. The Hall–Kier alpha value is -1.14. The van der Waals surface area contributed by atoms with E-state index in [0.29, 0.717) is 45.8 Å². The molecule has 0 aromatic heterocycles. The number of carboxylic acid groups (broad SMARTS) is 1. The molecule has 2 aliphatic rings. The summed E-state index contributed by atoms with van der Waals surface area (Å²) in [5.41, 5.74) is -0.708. The standard InChI is InChI=1S/C12H19NO5/c1-12(11(15)16)2-4-13(5-3-12)10(14)9-8-17-6-7-18-9/h9H,2-8H2,1H3,(H,15,16). The zero-order valence-corrected chi connectivity index (χ0v) is 10.6. The predicted molar refractivity (Wildman–Crippen MR) is 62.1 cm³/mol. The third-order valence-corrected chi connectivity index (χ3v) is 3.79. The second-order valence-corrected chi connectivity index (χ2v) is 5.13. The third kappa shape index (κ3) is 2.64. The fourth-order valence-corrected chi connectivity index (χ4v) is 2.27. The normalized spacial score (nSPS) is 27.8. The van der Waals surface area contributed by atoms with Crippen molar-refractivity contribution < 1.29 is 24.2 Å². The molecule has 0 bridgehead atoms. The molecule has 2 heterocycles. The Kier molecular flexibility index (Phi) is 3.87. The molecule has 6 heteroatoms. The Labute approximate surface area is 106 Å². The van der Waals surface area contributed by atoms with Gasteiger partial charge in [-0.1, -0.05) is 0 Å². The summed E-state index contributed by atoms with van der Waals surface area (Å²) in [6.07, 6.45) is 0.455. The lowest BCUT2D eigenvalue weighted by Gasteiger charge is -2.38. The van der Waals surface area contributed by atoms with Gasteiger partial charge in [-0.15, -0.1) is 0 Å². The topological polar surface area (TPSA) is 76.1 Å². The maximum atomic E-state index is 12.1. The van der Waals surface area contributed by atoms with Gasteiger partial charge in [0, 0.05) is 13.1 Å². The minimum atomic E-state index is -0.785. The first kappa shape index (κ1) is 13.3. The highest BCUT2D eigenvalue weighted by atomic mass is 16.6. The maximum absolute atomic E-state index is 12.1. The molecule has 0 saturated carbocycles. The number of hydrogen-bond donors (Lipinski definition) is 1. The minimum Gasteiger partial charge on any atom is -0.481 e. The molecule has 2 saturated heterocycles. The van der Waals surface area contributed by atoms with Crippen molar-refractivity contribution in [3.63, 3.8) is 0 Å². The summed E-state index contributed by atoms with van der Waals surface area (Å²) < 4.78 is 10.6. The van der Waals surface area contributed by atoms with Gasteiger partial charge in [-0.05, 0) is 19.8 Å². The van der Waals surface area contributed by atoms with E-state index in [9.17, 15) is 9.59 Å². The summed E-state index contributed by atoms with van der Waals surface area (Å²) in [7, 11) is 0. The van der Waals surface area contributed by atoms with Gasteiger partial charge >= 0.3 is 5.97 Å². The van der Waals surface area contributed by atoms with Gasteiger partial charge in [-0.2, -0.15) is 0 Å². The average Bonchev–Trinajstić information content (AvgIpc) is 2.40. The highest BCUT2D eigenvalue weighted by Gasteiger charge is 2.39. The van der Waals surface area contributed by atoms with Crippen molar-refractivity contribution >= 4 is 11.9 Å². The number of carboxylic acids is 1. The van der Waals surface area contributed by atoms with Crippen LogP contribution in [0.5, 0.6) is 0 Å². The third-order valence-electron chi connectivity index (χ3n) is 3.79. The van der Waals surface area contributed by atoms with Crippen LogP contribution in [-0.4, -0.2) is 60.9 Å². The Morgan fingerprint density at radius 1 is 1.28 bits per heavy atom. The minimum absolute atomic E-state index is 0.0814. The maximum Gasteiger partial charge on any atom is 0.309 e. The van der Waals surface area contributed by atoms with Gasteiger partial charge in [-0.25, -0.2) is 0 Å². The summed E-state index contributed by atoms with van der Waals surface area (Å²) in [4.78, 5) is 24.9. The van der Waals surface area contributed by atoms with E-state index in [0.717, 1.165) is 0 Å². The number of aliphatic carboxylic acids is 1. The molecule has 18 heavy (non-hydrogen) atoms. The Morgan fingerprint density at radius 2 is 1.94 bits per heavy atom. The summed E-state index contributed by atoms with van der Waals surface area (Å²) >= 11 is 0. The number of carbonyl (C=O) groups excluding carboxylic acids is 1. The number of ether oxygens (including phenoxy) is 2. The predicted octanol–water partition coefficient (Wildman–Crippen LogP) is 0.115. The zero-order chi connectivity index (χ0) is 13.2. The van der Waals surface area contributed by atoms with E-state index in [-0.39, 0.29) is 5.91 Å². The molecule has 0 radical (unpaired) electrons. The molecule has 1 unspecified atom stereocenters. The largest absolute Gasteiger partial charge is 0.481 e. The molecule has 1 atom stereocenters.